The quantitative estimate of drug-likeness (QED) is 0.425. The Hall–Kier alpha value is -2.84. The first-order valence-electron chi connectivity index (χ1n) is 7.67. The van der Waals surface area contributed by atoms with Crippen molar-refractivity contribution in [1.82, 2.24) is 0 Å². The molecule has 0 aliphatic carbocycles. The van der Waals surface area contributed by atoms with Crippen molar-refractivity contribution < 1.29 is 24.0 Å². The third kappa shape index (κ3) is 4.12. The molecule has 0 aromatic heterocycles. The van der Waals surface area contributed by atoms with Crippen LogP contribution in [0.5, 0.6) is 5.75 Å². The van der Waals surface area contributed by atoms with Crippen molar-refractivity contribution >= 4 is 46.5 Å². The van der Waals surface area contributed by atoms with E-state index in [1.54, 1.807) is 18.2 Å². The highest BCUT2D eigenvalue weighted by Crippen LogP contribution is 2.35. The van der Waals surface area contributed by atoms with Gasteiger partial charge < -0.3 is 9.47 Å². The Bertz CT molecular complexity index is 913. The number of fused-ring (bicyclic) bond motifs is 1. The molecule has 2 aromatic rings. The molecule has 0 N–H and O–H groups in total. The van der Waals surface area contributed by atoms with E-state index in [4.69, 9.17) is 32.7 Å². The van der Waals surface area contributed by atoms with Crippen LogP contribution in [0.1, 0.15) is 5.56 Å². The summed E-state index contributed by atoms with van der Waals surface area (Å²) >= 11 is 12.0. The zero-order valence-electron chi connectivity index (χ0n) is 13.7. The number of hydrogen-bond donors (Lipinski definition) is 0. The molecule has 27 heavy (non-hydrogen) atoms. The predicted molar refractivity (Wildman–Crippen MR) is 97.2 cm³/mol. The van der Waals surface area contributed by atoms with Crippen LogP contribution < -0.4 is 9.64 Å². The molecule has 0 bridgehead atoms. The normalized spacial score (nSPS) is 13.0. The summed E-state index contributed by atoms with van der Waals surface area (Å²) in [6, 6.07) is 8.68. The smallest absolute Gasteiger partial charge is 0.326 e. The number of amides is 1. The summed E-state index contributed by atoms with van der Waals surface area (Å²) in [5.41, 5.74) is 0.347. The molecule has 0 radical (unpaired) electrons. The molecule has 2 aromatic carbocycles. The molecule has 1 heterocycles. The van der Waals surface area contributed by atoms with E-state index in [0.717, 1.165) is 4.90 Å². The maximum Gasteiger partial charge on any atom is 0.326 e. The van der Waals surface area contributed by atoms with E-state index in [0.29, 0.717) is 15.6 Å². The second-order valence-corrected chi connectivity index (χ2v) is 6.35. The van der Waals surface area contributed by atoms with E-state index in [1.807, 2.05) is 0 Å². The highest BCUT2D eigenvalue weighted by molar-refractivity contribution is 6.35. The van der Waals surface area contributed by atoms with Gasteiger partial charge >= 0.3 is 5.97 Å². The SMILES string of the molecule is O=C(CN1C(=O)COc2ccc([N+](=O)[O-])cc21)OCc1c(Cl)cccc1Cl. The Balaban J connectivity index is 1.75. The number of hydrogen-bond acceptors (Lipinski definition) is 6. The molecule has 1 aliphatic rings. The fourth-order valence-corrected chi connectivity index (χ4v) is 2.98. The lowest BCUT2D eigenvalue weighted by Crippen LogP contribution is -2.42. The van der Waals surface area contributed by atoms with Crippen molar-refractivity contribution in [3.8, 4) is 5.75 Å². The first-order chi connectivity index (χ1) is 12.9. The molecule has 0 spiro atoms. The standard InChI is InChI=1S/C17H12Cl2N2O6/c18-12-2-1-3-13(19)11(12)8-27-17(23)7-20-14-6-10(21(24)25)4-5-15(14)26-9-16(20)22/h1-6H,7-9H2. The molecule has 0 unspecified atom stereocenters. The summed E-state index contributed by atoms with van der Waals surface area (Å²) in [6.45, 7) is -0.884. The second kappa shape index (κ2) is 7.81. The Morgan fingerprint density at radius 3 is 2.63 bits per heavy atom. The van der Waals surface area contributed by atoms with Gasteiger partial charge in [0.25, 0.3) is 11.6 Å². The second-order valence-electron chi connectivity index (χ2n) is 5.54. The number of benzene rings is 2. The molecule has 0 saturated carbocycles. The lowest BCUT2D eigenvalue weighted by molar-refractivity contribution is -0.384. The van der Waals surface area contributed by atoms with Crippen molar-refractivity contribution in [2.24, 2.45) is 0 Å². The van der Waals surface area contributed by atoms with Crippen LogP contribution in [0.4, 0.5) is 11.4 Å². The Labute approximate surface area is 163 Å². The van der Waals surface area contributed by atoms with Gasteiger partial charge in [-0.05, 0) is 18.2 Å². The Morgan fingerprint density at radius 1 is 1.26 bits per heavy atom. The van der Waals surface area contributed by atoms with E-state index in [1.165, 1.54) is 18.2 Å². The van der Waals surface area contributed by atoms with E-state index in [9.17, 15) is 19.7 Å². The number of nitrogens with zero attached hydrogens (tertiary/aromatic N) is 2. The van der Waals surface area contributed by atoms with Crippen LogP contribution >= 0.6 is 23.2 Å². The van der Waals surface area contributed by atoms with E-state index < -0.39 is 23.3 Å². The van der Waals surface area contributed by atoms with E-state index in [-0.39, 0.29) is 30.3 Å². The van der Waals surface area contributed by atoms with Crippen molar-refractivity contribution in [1.29, 1.82) is 0 Å². The Morgan fingerprint density at radius 2 is 1.96 bits per heavy atom. The van der Waals surface area contributed by atoms with Crippen LogP contribution in [-0.4, -0.2) is 30.0 Å². The number of halogens is 2. The van der Waals surface area contributed by atoms with Crippen molar-refractivity contribution in [2.75, 3.05) is 18.1 Å². The van der Waals surface area contributed by atoms with E-state index in [2.05, 4.69) is 0 Å². The van der Waals surface area contributed by atoms with Crippen LogP contribution in [0.2, 0.25) is 10.0 Å². The van der Waals surface area contributed by atoms with Gasteiger partial charge in [-0.3, -0.25) is 24.6 Å². The number of carbonyl (C=O) groups excluding carboxylic acids is 2. The molecule has 140 valence electrons. The van der Waals surface area contributed by atoms with Crippen LogP contribution in [0.15, 0.2) is 36.4 Å². The van der Waals surface area contributed by atoms with Gasteiger partial charge in [-0.15, -0.1) is 0 Å². The largest absolute Gasteiger partial charge is 0.482 e. The van der Waals surface area contributed by atoms with Crippen LogP contribution in [-0.2, 0) is 20.9 Å². The maximum atomic E-state index is 12.2. The van der Waals surface area contributed by atoms with E-state index >= 15 is 0 Å². The average molecular weight is 411 g/mol. The molecule has 0 atom stereocenters. The van der Waals surface area contributed by atoms with Crippen LogP contribution in [0.3, 0.4) is 0 Å². The fraction of sp³-hybridized carbons (Fsp3) is 0.176. The van der Waals surface area contributed by atoms with Gasteiger partial charge in [0.05, 0.1) is 10.6 Å². The predicted octanol–water partition coefficient (Wildman–Crippen LogP) is 3.37. The maximum absolute atomic E-state index is 12.2. The van der Waals surface area contributed by atoms with Crippen LogP contribution in [0.25, 0.3) is 0 Å². The summed E-state index contributed by atoms with van der Waals surface area (Å²) in [5, 5.41) is 11.7. The molecular weight excluding hydrogens is 399 g/mol. The zero-order chi connectivity index (χ0) is 19.6. The lowest BCUT2D eigenvalue weighted by atomic mass is 10.2. The minimum atomic E-state index is -0.723. The highest BCUT2D eigenvalue weighted by Gasteiger charge is 2.29. The first-order valence-corrected chi connectivity index (χ1v) is 8.42. The van der Waals surface area contributed by atoms with Gasteiger partial charge in [0.2, 0.25) is 0 Å². The monoisotopic (exact) mass is 410 g/mol. The third-order valence-electron chi connectivity index (χ3n) is 3.82. The van der Waals surface area contributed by atoms with Crippen molar-refractivity contribution in [2.45, 2.75) is 6.61 Å². The molecule has 3 rings (SSSR count). The summed E-state index contributed by atoms with van der Waals surface area (Å²) in [7, 11) is 0. The number of ether oxygens (including phenoxy) is 2. The number of esters is 1. The van der Waals surface area contributed by atoms with Crippen molar-refractivity contribution in [3.05, 3.63) is 62.1 Å². The van der Waals surface area contributed by atoms with Crippen LogP contribution in [0, 0.1) is 10.1 Å². The molecular formula is C17H12Cl2N2O6. The molecule has 1 aliphatic heterocycles. The average Bonchev–Trinajstić information content (AvgIpc) is 2.63. The first kappa shape index (κ1) is 18.9. The third-order valence-corrected chi connectivity index (χ3v) is 4.53. The lowest BCUT2D eigenvalue weighted by Gasteiger charge is -2.28. The molecule has 1 amide bonds. The topological polar surface area (TPSA) is 99.0 Å². The number of nitro groups is 1. The number of rotatable bonds is 5. The fourth-order valence-electron chi connectivity index (χ4n) is 2.48. The van der Waals surface area contributed by atoms with Gasteiger partial charge in [-0.25, -0.2) is 0 Å². The zero-order valence-corrected chi connectivity index (χ0v) is 15.2. The summed E-state index contributed by atoms with van der Waals surface area (Å²) in [5.74, 6) is -0.975. The number of non-ortho nitro benzene ring substituents is 1. The van der Waals surface area contributed by atoms with Gasteiger partial charge in [-0.2, -0.15) is 0 Å². The Kier molecular flexibility index (Phi) is 5.48. The summed E-state index contributed by atoms with van der Waals surface area (Å²) in [6.07, 6.45) is 0. The van der Waals surface area contributed by atoms with Gasteiger partial charge in [-0.1, -0.05) is 29.3 Å². The highest BCUT2D eigenvalue weighted by atomic mass is 35.5. The van der Waals surface area contributed by atoms with Gasteiger partial charge in [0.1, 0.15) is 18.9 Å². The minimum absolute atomic E-state index is 0.133. The molecule has 8 nitrogen and oxygen atoms in total. The number of anilines is 1. The van der Waals surface area contributed by atoms with Crippen molar-refractivity contribution in [3.63, 3.8) is 0 Å². The molecule has 10 heteroatoms. The molecule has 0 fully saturated rings. The molecule has 0 saturated heterocycles. The van der Waals surface area contributed by atoms with Gasteiger partial charge in [0, 0.05) is 27.7 Å². The minimum Gasteiger partial charge on any atom is -0.482 e. The summed E-state index contributed by atoms with van der Waals surface area (Å²) < 4.78 is 10.4. The number of carbonyl (C=O) groups is 2. The number of nitro benzene ring substituents is 1. The van der Waals surface area contributed by atoms with Gasteiger partial charge in [0.15, 0.2) is 6.61 Å². The summed E-state index contributed by atoms with van der Waals surface area (Å²) in [4.78, 5) is 35.8.